The lowest BCUT2D eigenvalue weighted by molar-refractivity contribution is 0.0441. The number of nitrogens with one attached hydrogen (secondary N) is 1. The molecule has 2 N–H and O–H groups in total. The minimum Gasteiger partial charge on any atom is -0.488 e. The van der Waals surface area contributed by atoms with Gasteiger partial charge in [-0.25, -0.2) is 0 Å². The fourth-order valence-electron chi connectivity index (χ4n) is 4.29. The summed E-state index contributed by atoms with van der Waals surface area (Å²) in [5.74, 6) is 1.07. The summed E-state index contributed by atoms with van der Waals surface area (Å²) >= 11 is 1.77. The lowest BCUT2D eigenvalue weighted by atomic mass is 9.85. The second kappa shape index (κ2) is 7.74. The van der Waals surface area contributed by atoms with Gasteiger partial charge in [0.25, 0.3) is 0 Å². The molecule has 1 heterocycles. The number of hydrogen-bond donors (Lipinski definition) is 2. The average molecular weight is 386 g/mol. The number of para-hydroxylation sites is 1. The summed E-state index contributed by atoms with van der Waals surface area (Å²) in [4.78, 5) is 15.4. The Labute approximate surface area is 164 Å². The van der Waals surface area contributed by atoms with Crippen molar-refractivity contribution in [2.75, 3.05) is 6.54 Å². The van der Waals surface area contributed by atoms with Crippen LogP contribution in [0.1, 0.15) is 44.9 Å². The van der Waals surface area contributed by atoms with E-state index in [1.165, 1.54) is 9.75 Å². The highest BCUT2D eigenvalue weighted by atomic mass is 32.1. The van der Waals surface area contributed by atoms with E-state index in [4.69, 9.17) is 4.74 Å². The number of ketones is 1. The molecule has 0 saturated heterocycles. The minimum atomic E-state index is -0.551. The van der Waals surface area contributed by atoms with E-state index in [-0.39, 0.29) is 23.8 Å². The molecular weight excluding hydrogens is 358 g/mol. The standard InChI is InChI=1S/C22H27NO3S/c1-13-14(2)27-19-11-8-15(21(24)20(13)19)12-23-17-9-10-18(22(17)25)26-16-6-4-3-5-7-16/h3-7,15,17-18,22-23,25H,8-12H2,1-2H3. The van der Waals surface area contributed by atoms with Gasteiger partial charge in [-0.2, -0.15) is 0 Å². The summed E-state index contributed by atoms with van der Waals surface area (Å²) < 4.78 is 5.94. The molecular formula is C22H27NO3S. The Kier molecular flexibility index (Phi) is 5.35. The van der Waals surface area contributed by atoms with Crippen LogP contribution in [0, 0.1) is 19.8 Å². The third kappa shape index (κ3) is 3.68. The normalized spacial score (nSPS) is 27.6. The van der Waals surface area contributed by atoms with Crippen molar-refractivity contribution < 1.29 is 14.6 Å². The summed E-state index contributed by atoms with van der Waals surface area (Å²) in [6.45, 7) is 4.79. The van der Waals surface area contributed by atoms with Crippen LogP contribution in [0.4, 0.5) is 0 Å². The van der Waals surface area contributed by atoms with Crippen molar-refractivity contribution in [1.29, 1.82) is 0 Å². The molecule has 27 heavy (non-hydrogen) atoms. The van der Waals surface area contributed by atoms with Gasteiger partial charge in [0.2, 0.25) is 0 Å². The van der Waals surface area contributed by atoms with Gasteiger partial charge in [-0.05, 0) is 57.2 Å². The molecule has 2 aliphatic carbocycles. The van der Waals surface area contributed by atoms with E-state index in [0.717, 1.165) is 42.6 Å². The van der Waals surface area contributed by atoms with E-state index < -0.39 is 6.10 Å². The predicted molar refractivity (Wildman–Crippen MR) is 108 cm³/mol. The number of fused-ring (bicyclic) bond motifs is 1. The number of aryl methyl sites for hydroxylation is 2. The monoisotopic (exact) mass is 385 g/mol. The van der Waals surface area contributed by atoms with E-state index in [1.54, 1.807) is 11.3 Å². The van der Waals surface area contributed by atoms with Crippen LogP contribution in [0.15, 0.2) is 30.3 Å². The van der Waals surface area contributed by atoms with Gasteiger partial charge in [-0.3, -0.25) is 4.79 Å². The van der Waals surface area contributed by atoms with Gasteiger partial charge in [0.05, 0.1) is 0 Å². The fourth-order valence-corrected chi connectivity index (χ4v) is 5.49. The number of carbonyl (C=O) groups is 1. The molecule has 1 saturated carbocycles. The van der Waals surface area contributed by atoms with Crippen LogP contribution in [0.2, 0.25) is 0 Å². The Morgan fingerprint density at radius 1 is 1.19 bits per heavy atom. The van der Waals surface area contributed by atoms with Crippen LogP contribution in [0.3, 0.4) is 0 Å². The maximum Gasteiger partial charge on any atom is 0.168 e. The van der Waals surface area contributed by atoms with E-state index in [0.29, 0.717) is 6.54 Å². The van der Waals surface area contributed by atoms with E-state index >= 15 is 0 Å². The zero-order valence-corrected chi connectivity index (χ0v) is 16.7. The summed E-state index contributed by atoms with van der Waals surface area (Å²) in [6.07, 6.45) is 2.82. The molecule has 0 aliphatic heterocycles. The lowest BCUT2D eigenvalue weighted by Gasteiger charge is -2.26. The molecule has 0 spiro atoms. The van der Waals surface area contributed by atoms with Gasteiger partial charge in [0, 0.05) is 33.8 Å². The molecule has 4 atom stereocenters. The highest BCUT2D eigenvalue weighted by Crippen LogP contribution is 2.35. The van der Waals surface area contributed by atoms with Gasteiger partial charge >= 0.3 is 0 Å². The number of thiophene rings is 1. The predicted octanol–water partition coefficient (Wildman–Crippen LogP) is 3.67. The Morgan fingerprint density at radius 2 is 1.96 bits per heavy atom. The number of rotatable bonds is 5. The second-order valence-corrected chi connectivity index (χ2v) is 9.04. The molecule has 4 nitrogen and oxygen atoms in total. The van der Waals surface area contributed by atoms with Crippen LogP contribution >= 0.6 is 11.3 Å². The maximum absolute atomic E-state index is 12.9. The van der Waals surface area contributed by atoms with E-state index in [2.05, 4.69) is 19.2 Å². The smallest absolute Gasteiger partial charge is 0.168 e. The number of ether oxygens (including phenoxy) is 1. The molecule has 0 bridgehead atoms. The topological polar surface area (TPSA) is 58.6 Å². The minimum absolute atomic E-state index is 0.00601. The van der Waals surface area contributed by atoms with Crippen molar-refractivity contribution in [3.63, 3.8) is 0 Å². The van der Waals surface area contributed by atoms with Gasteiger partial charge in [-0.15, -0.1) is 11.3 Å². The summed E-state index contributed by atoms with van der Waals surface area (Å²) in [7, 11) is 0. The molecule has 1 fully saturated rings. The first-order chi connectivity index (χ1) is 13.0. The molecule has 1 aromatic heterocycles. The molecule has 4 rings (SSSR count). The zero-order chi connectivity index (χ0) is 19.0. The molecule has 4 unspecified atom stereocenters. The second-order valence-electron chi connectivity index (χ2n) is 7.73. The number of benzene rings is 1. The van der Waals surface area contributed by atoms with Gasteiger partial charge < -0.3 is 15.2 Å². The van der Waals surface area contributed by atoms with E-state index in [1.807, 2.05) is 30.3 Å². The summed E-state index contributed by atoms with van der Waals surface area (Å²) in [6, 6.07) is 9.63. The molecule has 1 aromatic carbocycles. The van der Waals surface area contributed by atoms with Crippen molar-refractivity contribution in [2.45, 2.75) is 57.8 Å². The molecule has 5 heteroatoms. The Hall–Kier alpha value is -1.69. The fraction of sp³-hybridized carbons (Fsp3) is 0.500. The van der Waals surface area contributed by atoms with Crippen LogP contribution in [0.5, 0.6) is 5.75 Å². The largest absolute Gasteiger partial charge is 0.488 e. The number of aliphatic hydroxyl groups is 1. The quantitative estimate of drug-likeness (QED) is 0.824. The van der Waals surface area contributed by atoms with E-state index in [9.17, 15) is 9.90 Å². The van der Waals surface area contributed by atoms with Crippen molar-refractivity contribution in [3.05, 3.63) is 51.2 Å². The van der Waals surface area contributed by atoms with Gasteiger partial charge in [0.15, 0.2) is 5.78 Å². The van der Waals surface area contributed by atoms with Crippen molar-refractivity contribution in [3.8, 4) is 5.75 Å². The van der Waals surface area contributed by atoms with Crippen molar-refractivity contribution >= 4 is 17.1 Å². The van der Waals surface area contributed by atoms with Crippen molar-refractivity contribution in [2.24, 2.45) is 5.92 Å². The third-order valence-corrected chi connectivity index (χ3v) is 7.27. The Morgan fingerprint density at radius 3 is 2.74 bits per heavy atom. The molecule has 0 amide bonds. The van der Waals surface area contributed by atoms with Gasteiger partial charge in [0.1, 0.15) is 18.0 Å². The molecule has 2 aliphatic rings. The number of aliphatic hydroxyl groups excluding tert-OH is 1. The Bertz CT molecular complexity index is 816. The Balaban J connectivity index is 1.34. The van der Waals surface area contributed by atoms with Crippen molar-refractivity contribution in [1.82, 2.24) is 5.32 Å². The first kappa shape index (κ1) is 18.7. The highest BCUT2D eigenvalue weighted by molar-refractivity contribution is 7.12. The number of hydrogen-bond acceptors (Lipinski definition) is 5. The third-order valence-electron chi connectivity index (χ3n) is 6.01. The average Bonchev–Trinajstić information content (AvgIpc) is 3.16. The van der Waals surface area contributed by atoms with Crippen LogP contribution in [-0.2, 0) is 6.42 Å². The van der Waals surface area contributed by atoms with Crippen LogP contribution in [-0.4, -0.2) is 35.7 Å². The molecule has 144 valence electrons. The van der Waals surface area contributed by atoms with Crippen LogP contribution in [0.25, 0.3) is 0 Å². The first-order valence-corrected chi connectivity index (χ1v) is 10.6. The summed E-state index contributed by atoms with van der Waals surface area (Å²) in [5.41, 5.74) is 2.12. The molecule has 2 aromatic rings. The number of Topliss-reactive ketones (excluding diaryl/α,β-unsaturated/α-hetero) is 1. The van der Waals surface area contributed by atoms with Gasteiger partial charge in [-0.1, -0.05) is 18.2 Å². The number of carbonyl (C=O) groups excluding carboxylic acids is 1. The zero-order valence-electron chi connectivity index (χ0n) is 15.9. The maximum atomic E-state index is 12.9. The summed E-state index contributed by atoms with van der Waals surface area (Å²) in [5, 5.41) is 14.1. The first-order valence-electron chi connectivity index (χ1n) is 9.81. The molecule has 0 radical (unpaired) electrons. The lowest BCUT2D eigenvalue weighted by Crippen LogP contribution is -2.44. The highest BCUT2D eigenvalue weighted by Gasteiger charge is 2.37. The van der Waals surface area contributed by atoms with Crippen LogP contribution < -0.4 is 10.1 Å². The SMILES string of the molecule is Cc1sc2c(c1C)C(=O)C(CNC1CCC(Oc3ccccc3)C1O)CC2.